The molecule has 4 rings (SSSR count). The Morgan fingerprint density at radius 1 is 1.48 bits per heavy atom. The van der Waals surface area contributed by atoms with Crippen LogP contribution >= 0.6 is 0 Å². The predicted octanol–water partition coefficient (Wildman–Crippen LogP) is 1.71. The van der Waals surface area contributed by atoms with E-state index in [9.17, 15) is 4.79 Å². The van der Waals surface area contributed by atoms with E-state index in [-0.39, 0.29) is 17.2 Å². The van der Waals surface area contributed by atoms with Gasteiger partial charge < -0.3 is 18.8 Å². The second-order valence-corrected chi connectivity index (χ2v) is 6.56. The number of rotatable bonds is 4. The summed E-state index contributed by atoms with van der Waals surface area (Å²) in [6, 6.07) is 7.06. The number of furan rings is 1. The molecule has 4 heterocycles. The Kier molecular flexibility index (Phi) is 3.90. The Labute approximate surface area is 144 Å². The zero-order valence-corrected chi connectivity index (χ0v) is 13.6. The minimum absolute atomic E-state index is 0.0287. The lowest BCUT2D eigenvalue weighted by molar-refractivity contribution is 0.0655. The van der Waals surface area contributed by atoms with Crippen LogP contribution < -0.4 is 4.74 Å². The van der Waals surface area contributed by atoms with Crippen molar-refractivity contribution in [3.05, 3.63) is 48.0 Å². The molecule has 0 spiro atoms. The number of ether oxygens (including phenoxy) is 2. The molecule has 0 bridgehead atoms. The molecule has 2 aromatic heterocycles. The molecule has 128 valence electrons. The molecule has 2 aliphatic heterocycles. The van der Waals surface area contributed by atoms with Crippen LogP contribution in [0, 0.1) is 22.7 Å². The number of carbonyl (C=O) groups excluding carboxylic acids is 1. The van der Waals surface area contributed by atoms with Crippen LogP contribution in [0.1, 0.15) is 15.9 Å². The molecule has 0 radical (unpaired) electrons. The number of carbonyl (C=O) groups is 1. The largest absolute Gasteiger partial charge is 0.477 e. The third-order valence-electron chi connectivity index (χ3n) is 4.95. The number of amides is 1. The minimum atomic E-state index is -0.227. The van der Waals surface area contributed by atoms with Gasteiger partial charge in [0.1, 0.15) is 12.3 Å². The molecule has 1 amide bonds. The molecule has 25 heavy (non-hydrogen) atoms. The predicted molar refractivity (Wildman–Crippen MR) is 85.8 cm³/mol. The van der Waals surface area contributed by atoms with E-state index in [0.29, 0.717) is 49.9 Å². The van der Waals surface area contributed by atoms with E-state index in [1.807, 2.05) is 11.0 Å². The van der Waals surface area contributed by atoms with Gasteiger partial charge in [-0.3, -0.25) is 4.79 Å². The molecule has 0 aromatic carbocycles. The molecule has 0 saturated carbocycles. The first-order valence-corrected chi connectivity index (χ1v) is 8.08. The highest BCUT2D eigenvalue weighted by molar-refractivity contribution is 5.94. The average Bonchev–Trinajstić information content (AvgIpc) is 3.35. The average molecular weight is 339 g/mol. The first-order chi connectivity index (χ1) is 12.2. The molecule has 7 heteroatoms. The summed E-state index contributed by atoms with van der Waals surface area (Å²) in [5, 5.41) is 8.82. The standard InChI is InChI=1S/C18H17N3O4/c19-5-13-1-2-16(20-6-13)25-12-18-10-21(7-15(18)9-24-11-18)17(22)14-3-4-23-8-14/h1-4,6,8,15H,7,9-12H2/t15-,18+/m0/s1. The van der Waals surface area contributed by atoms with E-state index in [4.69, 9.17) is 19.2 Å². The van der Waals surface area contributed by atoms with Gasteiger partial charge in [0.2, 0.25) is 5.88 Å². The third-order valence-corrected chi connectivity index (χ3v) is 4.95. The van der Waals surface area contributed by atoms with Crippen molar-refractivity contribution in [2.24, 2.45) is 11.3 Å². The van der Waals surface area contributed by atoms with Gasteiger partial charge in [0.05, 0.1) is 42.6 Å². The molecule has 2 aliphatic rings. The van der Waals surface area contributed by atoms with Gasteiger partial charge in [-0.2, -0.15) is 5.26 Å². The smallest absolute Gasteiger partial charge is 0.257 e. The van der Waals surface area contributed by atoms with Crippen LogP contribution in [0.2, 0.25) is 0 Å². The van der Waals surface area contributed by atoms with Gasteiger partial charge in [-0.1, -0.05) is 0 Å². The maximum Gasteiger partial charge on any atom is 0.257 e. The quantitative estimate of drug-likeness (QED) is 0.842. The van der Waals surface area contributed by atoms with Gasteiger partial charge in [0, 0.05) is 31.3 Å². The summed E-state index contributed by atoms with van der Waals surface area (Å²) in [5.74, 6) is 0.680. The van der Waals surface area contributed by atoms with E-state index < -0.39 is 0 Å². The molecular formula is C18H17N3O4. The van der Waals surface area contributed by atoms with Crippen LogP contribution in [0.4, 0.5) is 0 Å². The summed E-state index contributed by atoms with van der Waals surface area (Å²) >= 11 is 0. The molecular weight excluding hydrogens is 322 g/mol. The topological polar surface area (TPSA) is 88.6 Å². The van der Waals surface area contributed by atoms with E-state index in [1.165, 1.54) is 18.7 Å². The van der Waals surface area contributed by atoms with E-state index >= 15 is 0 Å². The van der Waals surface area contributed by atoms with E-state index in [0.717, 1.165) is 0 Å². The molecule has 2 aromatic rings. The van der Waals surface area contributed by atoms with Crippen molar-refractivity contribution < 1.29 is 18.7 Å². The van der Waals surface area contributed by atoms with Gasteiger partial charge >= 0.3 is 0 Å². The summed E-state index contributed by atoms with van der Waals surface area (Å²) in [5.41, 5.74) is 0.825. The molecule has 2 fully saturated rings. The Hall–Kier alpha value is -2.85. The highest BCUT2D eigenvalue weighted by atomic mass is 16.5. The van der Waals surface area contributed by atoms with Crippen LogP contribution in [0.25, 0.3) is 0 Å². The number of pyridine rings is 1. The highest BCUT2D eigenvalue weighted by Crippen LogP contribution is 2.42. The zero-order valence-electron chi connectivity index (χ0n) is 13.6. The third kappa shape index (κ3) is 2.85. The van der Waals surface area contributed by atoms with Crippen molar-refractivity contribution in [2.45, 2.75) is 0 Å². The summed E-state index contributed by atoms with van der Waals surface area (Å²) < 4.78 is 16.5. The lowest BCUT2D eigenvalue weighted by atomic mass is 9.82. The Morgan fingerprint density at radius 3 is 3.12 bits per heavy atom. The van der Waals surface area contributed by atoms with Crippen LogP contribution in [0.5, 0.6) is 5.88 Å². The van der Waals surface area contributed by atoms with E-state index in [2.05, 4.69) is 4.98 Å². The number of likely N-dealkylation sites (tertiary alicyclic amines) is 1. The fourth-order valence-electron chi connectivity index (χ4n) is 3.51. The van der Waals surface area contributed by atoms with Crippen LogP contribution in [0.15, 0.2) is 41.3 Å². The second kappa shape index (κ2) is 6.22. The SMILES string of the molecule is N#Cc1ccc(OC[C@@]23COC[C@@H]2CN(C(=O)c2ccoc2)C3)nc1. The molecule has 2 saturated heterocycles. The van der Waals surface area contributed by atoms with E-state index in [1.54, 1.807) is 18.2 Å². The Morgan fingerprint density at radius 2 is 2.40 bits per heavy atom. The molecule has 0 unspecified atom stereocenters. The van der Waals surface area contributed by atoms with Crippen molar-refractivity contribution in [1.29, 1.82) is 5.26 Å². The summed E-state index contributed by atoms with van der Waals surface area (Å²) in [7, 11) is 0. The molecule has 0 N–H and O–H groups in total. The number of hydrogen-bond acceptors (Lipinski definition) is 6. The molecule has 0 aliphatic carbocycles. The fourth-order valence-corrected chi connectivity index (χ4v) is 3.51. The van der Waals surface area contributed by atoms with Crippen molar-refractivity contribution in [1.82, 2.24) is 9.88 Å². The maximum absolute atomic E-state index is 12.6. The fraction of sp³-hybridized carbons (Fsp3) is 0.389. The molecule has 2 atom stereocenters. The zero-order chi connectivity index (χ0) is 17.3. The van der Waals surface area contributed by atoms with Gasteiger partial charge in [0.15, 0.2) is 0 Å². The number of aromatic nitrogens is 1. The number of fused-ring (bicyclic) bond motifs is 1. The van der Waals surface area contributed by atoms with Gasteiger partial charge in [-0.25, -0.2) is 4.98 Å². The van der Waals surface area contributed by atoms with Crippen LogP contribution in [-0.2, 0) is 4.74 Å². The summed E-state index contributed by atoms with van der Waals surface area (Å²) in [4.78, 5) is 18.5. The lowest BCUT2D eigenvalue weighted by Gasteiger charge is -2.26. The summed E-state index contributed by atoms with van der Waals surface area (Å²) in [6.07, 6.45) is 4.46. The van der Waals surface area contributed by atoms with Crippen LogP contribution in [0.3, 0.4) is 0 Å². The van der Waals surface area contributed by atoms with Crippen molar-refractivity contribution in [3.63, 3.8) is 0 Å². The first kappa shape index (κ1) is 15.7. The van der Waals surface area contributed by atoms with Gasteiger partial charge in [-0.15, -0.1) is 0 Å². The first-order valence-electron chi connectivity index (χ1n) is 8.08. The number of hydrogen-bond donors (Lipinski definition) is 0. The Bertz CT molecular complexity index is 797. The Balaban J connectivity index is 1.45. The van der Waals surface area contributed by atoms with Gasteiger partial charge in [0.25, 0.3) is 5.91 Å². The lowest BCUT2D eigenvalue weighted by Crippen LogP contribution is -2.38. The second-order valence-electron chi connectivity index (χ2n) is 6.56. The highest BCUT2D eigenvalue weighted by Gasteiger charge is 2.52. The number of nitrogens with zero attached hydrogens (tertiary/aromatic N) is 3. The maximum atomic E-state index is 12.6. The summed E-state index contributed by atoms with van der Waals surface area (Å²) in [6.45, 7) is 2.83. The molecule has 7 nitrogen and oxygen atoms in total. The van der Waals surface area contributed by atoms with Crippen LogP contribution in [-0.4, -0.2) is 48.7 Å². The normalized spacial score (nSPS) is 24.8. The van der Waals surface area contributed by atoms with Gasteiger partial charge in [-0.05, 0) is 12.1 Å². The van der Waals surface area contributed by atoms with Crippen molar-refractivity contribution in [3.8, 4) is 11.9 Å². The minimum Gasteiger partial charge on any atom is -0.477 e. The number of nitriles is 1. The monoisotopic (exact) mass is 339 g/mol. The van der Waals surface area contributed by atoms with Crippen molar-refractivity contribution in [2.75, 3.05) is 32.9 Å². The van der Waals surface area contributed by atoms with Crippen molar-refractivity contribution >= 4 is 5.91 Å².